The number of esters is 1. The minimum absolute atomic E-state index is 0.284. The Kier molecular flexibility index (Phi) is 5.52. The molecule has 1 fully saturated rings. The molecule has 0 radical (unpaired) electrons. The molecular formula is C21H25NO2. The Hall–Kier alpha value is -2.29. The number of nitrogens with zero attached hydrogens (tertiary/aromatic N) is 1. The molecule has 0 N–H and O–H groups in total. The second kappa shape index (κ2) is 8.00. The van der Waals surface area contributed by atoms with Crippen molar-refractivity contribution in [3.05, 3.63) is 65.7 Å². The average Bonchev–Trinajstić information content (AvgIpc) is 2.67. The quantitative estimate of drug-likeness (QED) is 0.739. The molecule has 0 bridgehead atoms. The van der Waals surface area contributed by atoms with Crippen LogP contribution in [0.25, 0.3) is 0 Å². The van der Waals surface area contributed by atoms with Crippen LogP contribution in [0.5, 0.6) is 0 Å². The summed E-state index contributed by atoms with van der Waals surface area (Å²) in [5.74, 6) is -0.284. The van der Waals surface area contributed by atoms with Gasteiger partial charge in [0, 0.05) is 18.3 Å². The van der Waals surface area contributed by atoms with Crippen molar-refractivity contribution in [2.75, 3.05) is 12.0 Å². The standard InChI is InChI=1S/C21H25NO2/c1-24-21(23)18-14-12-17(13-15-18)16-22(19-8-4-2-5-9-19)20-10-6-3-7-11-20/h2,4-5,8-9,12-15,20H,3,6-7,10-11,16H2,1H3. The molecule has 0 atom stereocenters. The monoisotopic (exact) mass is 323 g/mol. The molecule has 0 aliphatic heterocycles. The molecule has 1 saturated carbocycles. The van der Waals surface area contributed by atoms with Crippen LogP contribution < -0.4 is 4.90 Å². The van der Waals surface area contributed by atoms with Crippen LogP contribution in [0.4, 0.5) is 5.69 Å². The molecule has 1 aliphatic carbocycles. The van der Waals surface area contributed by atoms with Gasteiger partial charge >= 0.3 is 5.97 Å². The number of ether oxygens (including phenoxy) is 1. The van der Waals surface area contributed by atoms with Crippen LogP contribution in [-0.4, -0.2) is 19.1 Å². The van der Waals surface area contributed by atoms with Gasteiger partial charge in [0.25, 0.3) is 0 Å². The van der Waals surface area contributed by atoms with Gasteiger partial charge in [0.2, 0.25) is 0 Å². The highest BCUT2D eigenvalue weighted by Gasteiger charge is 2.21. The lowest BCUT2D eigenvalue weighted by molar-refractivity contribution is 0.0600. The summed E-state index contributed by atoms with van der Waals surface area (Å²) in [6.07, 6.45) is 6.50. The van der Waals surface area contributed by atoms with Crippen molar-refractivity contribution in [2.24, 2.45) is 0 Å². The van der Waals surface area contributed by atoms with Crippen LogP contribution in [0, 0.1) is 0 Å². The zero-order valence-electron chi connectivity index (χ0n) is 14.3. The first kappa shape index (κ1) is 16.6. The van der Waals surface area contributed by atoms with E-state index in [1.165, 1.54) is 50.5 Å². The summed E-state index contributed by atoms with van der Waals surface area (Å²) in [6.45, 7) is 0.871. The zero-order chi connectivity index (χ0) is 16.8. The minimum atomic E-state index is -0.284. The molecule has 2 aromatic rings. The van der Waals surface area contributed by atoms with Gasteiger partial charge in [0.15, 0.2) is 0 Å². The number of methoxy groups -OCH3 is 1. The van der Waals surface area contributed by atoms with E-state index in [2.05, 4.69) is 35.2 Å². The van der Waals surface area contributed by atoms with Crippen LogP contribution >= 0.6 is 0 Å². The van der Waals surface area contributed by atoms with Crippen molar-refractivity contribution < 1.29 is 9.53 Å². The lowest BCUT2D eigenvalue weighted by Gasteiger charge is -2.36. The predicted octanol–water partition coefficient (Wildman–Crippen LogP) is 4.81. The highest BCUT2D eigenvalue weighted by atomic mass is 16.5. The Morgan fingerprint density at radius 2 is 1.67 bits per heavy atom. The molecule has 3 nitrogen and oxygen atoms in total. The summed E-state index contributed by atoms with van der Waals surface area (Å²) in [7, 11) is 1.41. The van der Waals surface area contributed by atoms with E-state index in [0.29, 0.717) is 11.6 Å². The van der Waals surface area contributed by atoms with E-state index in [9.17, 15) is 4.79 Å². The number of hydrogen-bond acceptors (Lipinski definition) is 3. The van der Waals surface area contributed by atoms with Gasteiger partial charge in [-0.3, -0.25) is 0 Å². The third kappa shape index (κ3) is 3.97. The molecule has 1 aliphatic rings. The predicted molar refractivity (Wildman–Crippen MR) is 97.3 cm³/mol. The molecule has 0 unspecified atom stereocenters. The first-order valence-corrected chi connectivity index (χ1v) is 8.77. The van der Waals surface area contributed by atoms with Gasteiger partial charge in [-0.15, -0.1) is 0 Å². The third-order valence-electron chi connectivity index (χ3n) is 4.83. The molecule has 126 valence electrons. The van der Waals surface area contributed by atoms with E-state index >= 15 is 0 Å². The molecule has 0 heterocycles. The summed E-state index contributed by atoms with van der Waals surface area (Å²) in [5, 5.41) is 0. The molecular weight excluding hydrogens is 298 g/mol. The second-order valence-corrected chi connectivity index (χ2v) is 6.44. The van der Waals surface area contributed by atoms with Crippen molar-refractivity contribution >= 4 is 11.7 Å². The van der Waals surface area contributed by atoms with Crippen molar-refractivity contribution in [1.82, 2.24) is 0 Å². The highest BCUT2D eigenvalue weighted by molar-refractivity contribution is 5.89. The van der Waals surface area contributed by atoms with E-state index < -0.39 is 0 Å². The number of rotatable bonds is 5. The fraction of sp³-hybridized carbons (Fsp3) is 0.381. The number of para-hydroxylation sites is 1. The maximum atomic E-state index is 11.6. The van der Waals surface area contributed by atoms with Gasteiger partial charge in [0.05, 0.1) is 12.7 Å². The molecule has 2 aromatic carbocycles. The molecule has 0 amide bonds. The van der Waals surface area contributed by atoms with E-state index in [1.54, 1.807) is 0 Å². The Labute approximate surface area is 144 Å². The smallest absolute Gasteiger partial charge is 0.337 e. The molecule has 0 saturated heterocycles. The fourth-order valence-electron chi connectivity index (χ4n) is 3.50. The third-order valence-corrected chi connectivity index (χ3v) is 4.83. The molecule has 3 heteroatoms. The van der Waals surface area contributed by atoms with Gasteiger partial charge < -0.3 is 9.64 Å². The van der Waals surface area contributed by atoms with Crippen molar-refractivity contribution in [1.29, 1.82) is 0 Å². The van der Waals surface area contributed by atoms with Crippen LogP contribution in [0.15, 0.2) is 54.6 Å². The van der Waals surface area contributed by atoms with Gasteiger partial charge in [-0.25, -0.2) is 4.79 Å². The van der Waals surface area contributed by atoms with E-state index in [-0.39, 0.29) is 5.97 Å². The van der Waals surface area contributed by atoms with Crippen LogP contribution in [0.3, 0.4) is 0 Å². The molecule has 0 spiro atoms. The Balaban J connectivity index is 1.79. The van der Waals surface area contributed by atoms with Gasteiger partial charge in [-0.05, 0) is 42.7 Å². The number of carbonyl (C=O) groups is 1. The summed E-state index contributed by atoms with van der Waals surface area (Å²) in [5.41, 5.74) is 3.10. The fourth-order valence-corrected chi connectivity index (χ4v) is 3.50. The maximum Gasteiger partial charge on any atom is 0.337 e. The maximum absolute atomic E-state index is 11.6. The lowest BCUT2D eigenvalue weighted by atomic mass is 9.93. The van der Waals surface area contributed by atoms with Crippen molar-refractivity contribution in [2.45, 2.75) is 44.7 Å². The lowest BCUT2D eigenvalue weighted by Crippen LogP contribution is -2.36. The summed E-state index contributed by atoms with van der Waals surface area (Å²) in [4.78, 5) is 14.1. The zero-order valence-corrected chi connectivity index (χ0v) is 14.3. The average molecular weight is 323 g/mol. The molecule has 24 heavy (non-hydrogen) atoms. The van der Waals surface area contributed by atoms with Crippen LogP contribution in [-0.2, 0) is 11.3 Å². The molecule has 0 aromatic heterocycles. The summed E-state index contributed by atoms with van der Waals surface area (Å²) in [6, 6.07) is 19.0. The number of anilines is 1. The number of benzene rings is 2. The first-order chi connectivity index (χ1) is 11.8. The largest absolute Gasteiger partial charge is 0.465 e. The van der Waals surface area contributed by atoms with Gasteiger partial charge in [-0.2, -0.15) is 0 Å². The Morgan fingerprint density at radius 3 is 2.29 bits per heavy atom. The van der Waals surface area contributed by atoms with E-state index in [4.69, 9.17) is 4.74 Å². The van der Waals surface area contributed by atoms with E-state index in [0.717, 1.165) is 6.54 Å². The Morgan fingerprint density at radius 1 is 1.00 bits per heavy atom. The Bertz CT molecular complexity index is 645. The SMILES string of the molecule is COC(=O)c1ccc(CN(c2ccccc2)C2CCCCC2)cc1. The topological polar surface area (TPSA) is 29.5 Å². The normalized spacial score (nSPS) is 15.0. The van der Waals surface area contributed by atoms with Gasteiger partial charge in [0.1, 0.15) is 0 Å². The van der Waals surface area contributed by atoms with Gasteiger partial charge in [-0.1, -0.05) is 49.6 Å². The van der Waals surface area contributed by atoms with Crippen molar-refractivity contribution in [3.63, 3.8) is 0 Å². The van der Waals surface area contributed by atoms with Crippen LogP contribution in [0.1, 0.15) is 48.0 Å². The first-order valence-electron chi connectivity index (χ1n) is 8.77. The number of carbonyl (C=O) groups excluding carboxylic acids is 1. The van der Waals surface area contributed by atoms with E-state index in [1.807, 2.05) is 24.3 Å². The second-order valence-electron chi connectivity index (χ2n) is 6.44. The summed E-state index contributed by atoms with van der Waals surface area (Å²) < 4.78 is 4.77. The summed E-state index contributed by atoms with van der Waals surface area (Å²) >= 11 is 0. The van der Waals surface area contributed by atoms with Crippen LogP contribution in [0.2, 0.25) is 0 Å². The highest BCUT2D eigenvalue weighted by Crippen LogP contribution is 2.28. The number of hydrogen-bond donors (Lipinski definition) is 0. The minimum Gasteiger partial charge on any atom is -0.465 e. The molecule has 3 rings (SSSR count). The van der Waals surface area contributed by atoms with Crippen molar-refractivity contribution in [3.8, 4) is 0 Å².